The summed E-state index contributed by atoms with van der Waals surface area (Å²) in [6.45, 7) is 4.11. The van der Waals surface area contributed by atoms with Crippen LogP contribution in [0, 0.1) is 6.92 Å². The van der Waals surface area contributed by atoms with Crippen LogP contribution in [0.1, 0.15) is 35.3 Å². The predicted octanol–water partition coefficient (Wildman–Crippen LogP) is 3.44. The number of thiophene rings is 1. The summed E-state index contributed by atoms with van der Waals surface area (Å²) in [5, 5.41) is 9.90. The number of fused-ring (bicyclic) bond motifs is 1. The van der Waals surface area contributed by atoms with Crippen molar-refractivity contribution in [1.29, 1.82) is 0 Å². The lowest BCUT2D eigenvalue weighted by Crippen LogP contribution is -2.62. The Morgan fingerprint density at radius 1 is 1.30 bits per heavy atom. The van der Waals surface area contributed by atoms with E-state index < -0.39 is 27.6 Å². The Morgan fingerprint density at radius 2 is 1.93 bits per heavy atom. The Kier molecular flexibility index (Phi) is 5.91. The molecular formula is C19H21BrN2O6S2. The summed E-state index contributed by atoms with van der Waals surface area (Å²) in [5.41, 5.74) is -0.401. The van der Waals surface area contributed by atoms with Gasteiger partial charge in [-0.25, -0.2) is 13.4 Å². The molecule has 11 heteroatoms. The van der Waals surface area contributed by atoms with Crippen LogP contribution in [-0.4, -0.2) is 48.9 Å². The maximum Gasteiger partial charge on any atom is 0.330 e. The first-order chi connectivity index (χ1) is 13.9. The second-order valence-electron chi connectivity index (χ2n) is 7.26. The zero-order chi connectivity index (χ0) is 22.4. The monoisotopic (exact) mass is 516 g/mol. The first kappa shape index (κ1) is 22.6. The Labute approximate surface area is 187 Å². The van der Waals surface area contributed by atoms with Crippen LogP contribution in [0.4, 0.5) is 5.00 Å². The van der Waals surface area contributed by atoms with Gasteiger partial charge in [-0.2, -0.15) is 8.42 Å². The lowest BCUT2D eigenvalue weighted by Gasteiger charge is -2.41. The molecular weight excluding hydrogens is 496 g/mol. The molecule has 0 spiro atoms. The normalized spacial score (nSPS) is 15.8. The summed E-state index contributed by atoms with van der Waals surface area (Å²) in [6, 6.07) is 7.24. The van der Waals surface area contributed by atoms with Crippen LogP contribution in [0.3, 0.4) is 0 Å². The highest BCUT2D eigenvalue weighted by Gasteiger charge is 2.53. The molecule has 0 atom stereocenters. The lowest BCUT2D eigenvalue weighted by molar-refractivity contribution is -0.145. The summed E-state index contributed by atoms with van der Waals surface area (Å²) in [6.07, 6.45) is 0.312. The van der Waals surface area contributed by atoms with Gasteiger partial charge in [-0.1, -0.05) is 18.2 Å². The van der Waals surface area contributed by atoms with E-state index in [1.165, 1.54) is 21.0 Å². The van der Waals surface area contributed by atoms with Crippen LogP contribution in [0.5, 0.6) is 5.75 Å². The molecule has 0 bridgehead atoms. The number of carboxylic acids is 1. The third-order valence-corrected chi connectivity index (χ3v) is 9.32. The molecule has 0 saturated heterocycles. The van der Waals surface area contributed by atoms with Gasteiger partial charge in [0.2, 0.25) is 0 Å². The number of methoxy groups -OCH3 is 1. The van der Waals surface area contributed by atoms with Gasteiger partial charge in [0.1, 0.15) is 10.8 Å². The number of ether oxygens (including phenoxy) is 1. The first-order valence-electron chi connectivity index (χ1n) is 8.96. The van der Waals surface area contributed by atoms with Crippen molar-refractivity contribution >= 4 is 54.4 Å². The van der Waals surface area contributed by atoms with Crippen LogP contribution in [0.15, 0.2) is 28.1 Å². The van der Waals surface area contributed by atoms with Crippen LogP contribution < -0.4 is 9.04 Å². The number of hydrogen-bond donors (Lipinski definition) is 1. The topological polar surface area (TPSA) is 104 Å². The van der Waals surface area contributed by atoms with Crippen molar-refractivity contribution in [1.82, 2.24) is 4.31 Å². The van der Waals surface area contributed by atoms with Crippen molar-refractivity contribution in [2.75, 3.05) is 18.0 Å². The SMILES string of the molecule is COc1ccccc1CCN1c2sc(Br)c(C)c2C(=O)N(C(C)(C)C(=O)O)S1(=O)=O. The summed E-state index contributed by atoms with van der Waals surface area (Å²) in [5.74, 6) is -1.64. The fourth-order valence-corrected chi connectivity index (χ4v) is 7.07. The van der Waals surface area contributed by atoms with Gasteiger partial charge in [-0.05, 0) is 60.3 Å². The number of amides is 1. The Balaban J connectivity index is 2.13. The van der Waals surface area contributed by atoms with Gasteiger partial charge in [0.15, 0.2) is 5.54 Å². The second kappa shape index (κ2) is 7.86. The third-order valence-electron chi connectivity index (χ3n) is 5.01. The molecule has 1 amide bonds. The van der Waals surface area contributed by atoms with Crippen molar-refractivity contribution in [3.05, 3.63) is 44.7 Å². The van der Waals surface area contributed by atoms with Gasteiger partial charge in [0, 0.05) is 6.54 Å². The molecule has 8 nitrogen and oxygen atoms in total. The van der Waals surface area contributed by atoms with Crippen molar-refractivity contribution < 1.29 is 27.9 Å². The minimum absolute atomic E-state index is 0.0155. The highest BCUT2D eigenvalue weighted by Crippen LogP contribution is 2.46. The average molecular weight is 517 g/mol. The number of nitrogens with zero attached hydrogens (tertiary/aromatic N) is 2. The van der Waals surface area contributed by atoms with Crippen molar-refractivity contribution in [2.45, 2.75) is 32.7 Å². The molecule has 1 aromatic heterocycles. The molecule has 1 N–H and O–H groups in total. The molecule has 0 unspecified atom stereocenters. The first-order valence-corrected chi connectivity index (χ1v) is 12.0. The molecule has 0 radical (unpaired) electrons. The van der Waals surface area contributed by atoms with Gasteiger partial charge in [-0.3, -0.25) is 4.79 Å². The van der Waals surface area contributed by atoms with E-state index in [0.717, 1.165) is 21.2 Å². The number of carbonyl (C=O) groups is 2. The highest BCUT2D eigenvalue weighted by molar-refractivity contribution is 9.11. The predicted molar refractivity (Wildman–Crippen MR) is 118 cm³/mol. The van der Waals surface area contributed by atoms with E-state index in [2.05, 4.69) is 15.9 Å². The summed E-state index contributed by atoms with van der Waals surface area (Å²) in [7, 11) is -2.91. The van der Waals surface area contributed by atoms with E-state index in [-0.39, 0.29) is 17.1 Å². The highest BCUT2D eigenvalue weighted by atomic mass is 79.9. The van der Waals surface area contributed by atoms with Crippen LogP contribution in [0.2, 0.25) is 0 Å². The van der Waals surface area contributed by atoms with Gasteiger partial charge >= 0.3 is 16.2 Å². The largest absolute Gasteiger partial charge is 0.496 e. The molecule has 3 rings (SSSR count). The summed E-state index contributed by atoms with van der Waals surface area (Å²) in [4.78, 5) is 25.0. The number of halogens is 1. The zero-order valence-corrected chi connectivity index (χ0v) is 20.0. The Morgan fingerprint density at radius 3 is 2.53 bits per heavy atom. The molecule has 0 fully saturated rings. The fourth-order valence-electron chi connectivity index (χ4n) is 3.29. The van der Waals surface area contributed by atoms with E-state index >= 15 is 0 Å². The van der Waals surface area contributed by atoms with E-state index in [1.54, 1.807) is 13.0 Å². The molecule has 1 aliphatic heterocycles. The van der Waals surface area contributed by atoms with Crippen molar-refractivity contribution in [3.8, 4) is 5.75 Å². The smallest absolute Gasteiger partial charge is 0.330 e. The lowest BCUT2D eigenvalue weighted by atomic mass is 10.0. The number of para-hydroxylation sites is 1. The van der Waals surface area contributed by atoms with E-state index in [0.29, 0.717) is 25.8 Å². The van der Waals surface area contributed by atoms with Crippen molar-refractivity contribution in [2.24, 2.45) is 0 Å². The standard InChI is InChI=1S/C19H21BrN2O6S2/c1-11-14-16(23)22(19(2,3)18(24)25)30(26,27)21(17(14)29-15(11)20)10-9-12-7-5-6-8-13(12)28-4/h5-8H,9-10H2,1-4H3,(H,24,25). The molecule has 162 valence electrons. The molecule has 2 heterocycles. The number of hydrogen-bond acceptors (Lipinski definition) is 6. The third kappa shape index (κ3) is 3.48. The molecule has 1 aromatic carbocycles. The summed E-state index contributed by atoms with van der Waals surface area (Å²) >= 11 is 4.51. The number of rotatable bonds is 6. The molecule has 0 aliphatic carbocycles. The van der Waals surface area contributed by atoms with E-state index in [9.17, 15) is 23.1 Å². The van der Waals surface area contributed by atoms with Crippen LogP contribution in [0.25, 0.3) is 0 Å². The minimum Gasteiger partial charge on any atom is -0.496 e. The maximum atomic E-state index is 13.5. The van der Waals surface area contributed by atoms with E-state index in [1.807, 2.05) is 18.2 Å². The fraction of sp³-hybridized carbons (Fsp3) is 0.368. The molecule has 1 aliphatic rings. The van der Waals surface area contributed by atoms with Gasteiger partial charge < -0.3 is 9.84 Å². The Bertz CT molecular complexity index is 1130. The second-order valence-corrected chi connectivity index (χ2v) is 11.3. The number of carboxylic acid groups (broad SMARTS) is 1. The van der Waals surface area contributed by atoms with Crippen LogP contribution in [-0.2, 0) is 21.4 Å². The van der Waals surface area contributed by atoms with Gasteiger partial charge in [0.05, 0.1) is 16.5 Å². The van der Waals surface area contributed by atoms with E-state index in [4.69, 9.17) is 4.74 Å². The van der Waals surface area contributed by atoms with Crippen LogP contribution >= 0.6 is 27.3 Å². The summed E-state index contributed by atoms with van der Waals surface area (Å²) < 4.78 is 34.5. The maximum absolute atomic E-state index is 13.5. The average Bonchev–Trinajstić information content (AvgIpc) is 2.95. The van der Waals surface area contributed by atoms with Gasteiger partial charge in [0.25, 0.3) is 5.91 Å². The zero-order valence-electron chi connectivity index (χ0n) is 16.8. The number of anilines is 1. The van der Waals surface area contributed by atoms with Gasteiger partial charge in [-0.15, -0.1) is 11.3 Å². The number of carbonyl (C=O) groups excluding carboxylic acids is 1. The Hall–Kier alpha value is -2.11. The minimum atomic E-state index is -4.44. The number of benzene rings is 1. The molecule has 0 saturated carbocycles. The molecule has 30 heavy (non-hydrogen) atoms. The molecule has 2 aromatic rings. The van der Waals surface area contributed by atoms with Crippen molar-refractivity contribution in [3.63, 3.8) is 0 Å². The number of aliphatic carboxylic acids is 1. The quantitative estimate of drug-likeness (QED) is 0.630.